The zero-order chi connectivity index (χ0) is 10.6. The number of rotatable bonds is 2. The number of carbonyl (C=O) groups excluding carboxylic acids is 1. The van der Waals surface area contributed by atoms with E-state index in [0.29, 0.717) is 11.3 Å². The van der Waals surface area contributed by atoms with Crippen LogP contribution in [0.4, 0.5) is 0 Å². The fraction of sp³-hybridized carbons (Fsp3) is 0.222. The lowest BCUT2D eigenvalue weighted by Gasteiger charge is -2.04. The van der Waals surface area contributed by atoms with Crippen LogP contribution < -0.4 is 4.74 Å². The van der Waals surface area contributed by atoms with E-state index in [1.54, 1.807) is 18.2 Å². The van der Waals surface area contributed by atoms with Gasteiger partial charge in [0.25, 0.3) is 0 Å². The summed E-state index contributed by atoms with van der Waals surface area (Å²) in [6.07, 6.45) is 0. The summed E-state index contributed by atoms with van der Waals surface area (Å²) in [5.41, 5.74) is 9.33. The molecule has 72 valence electrons. The molecule has 0 aliphatic heterocycles. The van der Waals surface area contributed by atoms with Crippen molar-refractivity contribution in [1.29, 1.82) is 0 Å². The second kappa shape index (κ2) is 4.30. The molecule has 0 N–H and O–H groups in total. The number of azide groups is 1. The van der Waals surface area contributed by atoms with Crippen LogP contribution in [0.25, 0.3) is 10.4 Å². The van der Waals surface area contributed by atoms with Gasteiger partial charge in [-0.2, -0.15) is 0 Å². The molecule has 0 aromatic heterocycles. The van der Waals surface area contributed by atoms with Gasteiger partial charge in [0.1, 0.15) is 5.75 Å². The van der Waals surface area contributed by atoms with Crippen LogP contribution in [0.2, 0.25) is 0 Å². The molecule has 0 bridgehead atoms. The maximum Gasteiger partial charge on any atom is 0.249 e. The van der Waals surface area contributed by atoms with E-state index in [4.69, 9.17) is 10.3 Å². The summed E-state index contributed by atoms with van der Waals surface area (Å²) in [6.45, 7) is 1.86. The quantitative estimate of drug-likeness (QED) is 0.409. The van der Waals surface area contributed by atoms with E-state index in [1.807, 2.05) is 6.92 Å². The first-order valence-electron chi connectivity index (χ1n) is 3.93. The van der Waals surface area contributed by atoms with Crippen LogP contribution in [0.1, 0.15) is 15.9 Å². The standard InChI is InChI=1S/C9H9N3O2/c1-6-3-4-7(5-8(6)14-2)9(13)11-12-10/h3-5H,1-2H3. The van der Waals surface area contributed by atoms with Gasteiger partial charge < -0.3 is 4.74 Å². The number of hydrogen-bond donors (Lipinski definition) is 0. The third-order valence-corrected chi connectivity index (χ3v) is 1.79. The molecule has 0 spiro atoms. The van der Waals surface area contributed by atoms with E-state index in [2.05, 4.69) is 10.0 Å². The highest BCUT2D eigenvalue weighted by atomic mass is 16.5. The van der Waals surface area contributed by atoms with Crippen molar-refractivity contribution in [3.05, 3.63) is 39.8 Å². The summed E-state index contributed by atoms with van der Waals surface area (Å²) in [6, 6.07) is 4.88. The van der Waals surface area contributed by atoms with Gasteiger partial charge in [0, 0.05) is 10.5 Å². The average molecular weight is 191 g/mol. The molecular formula is C9H9N3O2. The number of hydrogen-bond acceptors (Lipinski definition) is 2. The minimum atomic E-state index is -0.606. The van der Waals surface area contributed by atoms with E-state index in [-0.39, 0.29) is 0 Å². The van der Waals surface area contributed by atoms with Crippen molar-refractivity contribution in [1.82, 2.24) is 0 Å². The largest absolute Gasteiger partial charge is 0.496 e. The molecule has 1 amide bonds. The predicted molar refractivity (Wildman–Crippen MR) is 51.2 cm³/mol. The Morgan fingerprint density at radius 2 is 2.29 bits per heavy atom. The minimum Gasteiger partial charge on any atom is -0.496 e. The van der Waals surface area contributed by atoms with Crippen LogP contribution in [-0.4, -0.2) is 13.0 Å². The monoisotopic (exact) mass is 191 g/mol. The highest BCUT2D eigenvalue weighted by Gasteiger charge is 2.05. The van der Waals surface area contributed by atoms with Crippen molar-refractivity contribution in [2.45, 2.75) is 6.92 Å². The van der Waals surface area contributed by atoms with E-state index >= 15 is 0 Å². The molecule has 0 aliphatic carbocycles. The molecule has 0 atom stereocenters. The summed E-state index contributed by atoms with van der Waals surface area (Å²) < 4.78 is 5.03. The third-order valence-electron chi connectivity index (χ3n) is 1.79. The normalized spacial score (nSPS) is 9.00. The second-order valence-electron chi connectivity index (χ2n) is 2.68. The van der Waals surface area contributed by atoms with Crippen molar-refractivity contribution >= 4 is 5.91 Å². The van der Waals surface area contributed by atoms with Crippen LogP contribution in [0, 0.1) is 6.92 Å². The van der Waals surface area contributed by atoms with Gasteiger partial charge in [-0.15, -0.1) is 0 Å². The topological polar surface area (TPSA) is 75.1 Å². The first-order valence-corrected chi connectivity index (χ1v) is 3.93. The van der Waals surface area contributed by atoms with Crippen LogP contribution in [0.3, 0.4) is 0 Å². The Balaban J connectivity index is 3.12. The van der Waals surface area contributed by atoms with E-state index in [9.17, 15) is 4.79 Å². The molecule has 5 nitrogen and oxygen atoms in total. The van der Waals surface area contributed by atoms with Crippen molar-refractivity contribution in [2.75, 3.05) is 7.11 Å². The highest BCUT2D eigenvalue weighted by molar-refractivity contribution is 5.95. The minimum absolute atomic E-state index is 0.324. The molecular weight excluding hydrogens is 182 g/mol. The Morgan fingerprint density at radius 1 is 1.57 bits per heavy atom. The van der Waals surface area contributed by atoms with Crippen LogP contribution in [-0.2, 0) is 0 Å². The molecule has 14 heavy (non-hydrogen) atoms. The van der Waals surface area contributed by atoms with Gasteiger partial charge in [0.2, 0.25) is 5.91 Å². The molecule has 1 rings (SSSR count). The van der Waals surface area contributed by atoms with Gasteiger partial charge in [0.15, 0.2) is 0 Å². The summed E-state index contributed by atoms with van der Waals surface area (Å²) in [7, 11) is 1.52. The Kier molecular flexibility index (Phi) is 3.09. The highest BCUT2D eigenvalue weighted by Crippen LogP contribution is 2.19. The lowest BCUT2D eigenvalue weighted by Crippen LogP contribution is -1.95. The Hall–Kier alpha value is -2.00. The number of benzene rings is 1. The first-order chi connectivity index (χ1) is 6.69. The van der Waals surface area contributed by atoms with Crippen LogP contribution in [0.5, 0.6) is 5.75 Å². The fourth-order valence-electron chi connectivity index (χ4n) is 1.05. The van der Waals surface area contributed by atoms with Gasteiger partial charge in [-0.3, -0.25) is 4.79 Å². The number of nitrogens with zero attached hydrogens (tertiary/aromatic N) is 3. The summed E-state index contributed by atoms with van der Waals surface area (Å²) >= 11 is 0. The number of amides is 1. The molecule has 0 aliphatic rings. The number of aryl methyl sites for hydroxylation is 1. The van der Waals surface area contributed by atoms with Crippen molar-refractivity contribution in [3.63, 3.8) is 0 Å². The van der Waals surface area contributed by atoms with E-state index in [0.717, 1.165) is 5.56 Å². The smallest absolute Gasteiger partial charge is 0.249 e. The molecule has 0 saturated heterocycles. The van der Waals surface area contributed by atoms with Gasteiger partial charge in [-0.1, -0.05) is 12.1 Å². The predicted octanol–water partition coefficient (Wildman–Crippen LogP) is 2.45. The average Bonchev–Trinajstić information content (AvgIpc) is 2.19. The number of methoxy groups -OCH3 is 1. The molecule has 5 heteroatoms. The zero-order valence-electron chi connectivity index (χ0n) is 7.89. The Morgan fingerprint density at radius 3 is 2.86 bits per heavy atom. The van der Waals surface area contributed by atoms with Crippen molar-refractivity contribution in [2.24, 2.45) is 5.11 Å². The summed E-state index contributed by atoms with van der Waals surface area (Å²) in [5, 5.41) is 2.99. The van der Waals surface area contributed by atoms with Crippen LogP contribution in [0.15, 0.2) is 23.3 Å². The van der Waals surface area contributed by atoms with Crippen molar-refractivity contribution < 1.29 is 9.53 Å². The first kappa shape index (κ1) is 10.1. The second-order valence-corrected chi connectivity index (χ2v) is 2.68. The zero-order valence-corrected chi connectivity index (χ0v) is 7.89. The Bertz CT molecular complexity index is 409. The molecule has 1 aromatic rings. The third kappa shape index (κ3) is 2.02. The van der Waals surface area contributed by atoms with Gasteiger partial charge in [0.05, 0.1) is 7.11 Å². The lowest BCUT2D eigenvalue weighted by molar-refractivity contribution is 0.1000. The fourth-order valence-corrected chi connectivity index (χ4v) is 1.05. The maximum atomic E-state index is 11.1. The SMILES string of the molecule is COc1cc(C(=O)N=[N+]=[N-])ccc1C. The molecule has 0 unspecified atom stereocenters. The van der Waals surface area contributed by atoms with Crippen LogP contribution >= 0.6 is 0 Å². The van der Waals surface area contributed by atoms with Crippen molar-refractivity contribution in [3.8, 4) is 5.75 Å². The Labute approximate surface area is 80.9 Å². The van der Waals surface area contributed by atoms with Gasteiger partial charge in [-0.05, 0) is 29.2 Å². The summed E-state index contributed by atoms with van der Waals surface area (Å²) in [4.78, 5) is 13.6. The molecule has 0 heterocycles. The molecule has 0 fully saturated rings. The summed E-state index contributed by atoms with van der Waals surface area (Å²) in [5.74, 6) is -0.00482. The van der Waals surface area contributed by atoms with E-state index in [1.165, 1.54) is 7.11 Å². The van der Waals surface area contributed by atoms with Gasteiger partial charge >= 0.3 is 0 Å². The van der Waals surface area contributed by atoms with E-state index < -0.39 is 5.91 Å². The molecule has 0 saturated carbocycles. The number of ether oxygens (including phenoxy) is 1. The lowest BCUT2D eigenvalue weighted by atomic mass is 10.1. The molecule has 0 radical (unpaired) electrons. The maximum absolute atomic E-state index is 11.1. The van der Waals surface area contributed by atoms with Gasteiger partial charge in [-0.25, -0.2) is 0 Å². The molecule has 1 aromatic carbocycles. The number of carbonyl (C=O) groups is 1.